The van der Waals surface area contributed by atoms with Gasteiger partial charge in [0, 0.05) is 5.69 Å². The van der Waals surface area contributed by atoms with Crippen molar-refractivity contribution in [1.29, 1.82) is 5.26 Å². The van der Waals surface area contributed by atoms with Crippen LogP contribution in [0.3, 0.4) is 0 Å². The van der Waals surface area contributed by atoms with E-state index >= 15 is 0 Å². The van der Waals surface area contributed by atoms with Gasteiger partial charge in [-0.2, -0.15) is 5.26 Å². The zero-order valence-electron chi connectivity index (χ0n) is 18.0. The minimum Gasteiger partial charge on any atom is -0.497 e. The number of amides is 1. The summed E-state index contributed by atoms with van der Waals surface area (Å²) in [5.41, 5.74) is 2.50. The average Bonchev–Trinajstić information content (AvgIpc) is 2.79. The van der Waals surface area contributed by atoms with E-state index in [1.165, 1.54) is 13.2 Å². The number of sulfonamides is 1. The fraction of sp³-hybridized carbons (Fsp3) is 0.167. The Hall–Kier alpha value is -3.83. The molecule has 0 aromatic heterocycles. The highest BCUT2D eigenvalue weighted by Gasteiger charge is 2.29. The number of nitriles is 1. The first-order chi connectivity index (χ1) is 15.2. The zero-order valence-corrected chi connectivity index (χ0v) is 18.8. The first-order valence-corrected chi connectivity index (χ1v) is 11.2. The molecule has 3 aromatic rings. The minimum absolute atomic E-state index is 0.132. The number of nitrogens with zero attached hydrogens (tertiary/aromatic N) is 2. The summed E-state index contributed by atoms with van der Waals surface area (Å²) < 4.78 is 33.5. The summed E-state index contributed by atoms with van der Waals surface area (Å²) in [5.74, 6) is 0.0281. The monoisotopic (exact) mass is 449 g/mol. The van der Waals surface area contributed by atoms with Gasteiger partial charge < -0.3 is 10.1 Å². The molecule has 7 nitrogen and oxygen atoms in total. The van der Waals surface area contributed by atoms with Gasteiger partial charge in [0.15, 0.2) is 0 Å². The van der Waals surface area contributed by atoms with Gasteiger partial charge in [0.1, 0.15) is 12.3 Å². The number of carbonyl (C=O) groups excluding carboxylic acids is 1. The smallest absolute Gasteiger partial charge is 0.265 e. The second-order valence-corrected chi connectivity index (χ2v) is 9.05. The molecule has 0 unspecified atom stereocenters. The molecular formula is C24H23N3O4S. The van der Waals surface area contributed by atoms with Crippen LogP contribution in [0.4, 0.5) is 11.4 Å². The van der Waals surface area contributed by atoms with Gasteiger partial charge in [0.25, 0.3) is 10.0 Å². The normalized spacial score (nSPS) is 10.8. The lowest BCUT2D eigenvalue weighted by Crippen LogP contribution is -2.38. The Balaban J connectivity index is 1.99. The van der Waals surface area contributed by atoms with Gasteiger partial charge >= 0.3 is 0 Å². The Labute approximate surface area is 187 Å². The maximum atomic E-state index is 13.6. The number of methoxy groups -OCH3 is 1. The molecular weight excluding hydrogens is 426 g/mol. The van der Waals surface area contributed by atoms with Gasteiger partial charge in [-0.15, -0.1) is 0 Å². The summed E-state index contributed by atoms with van der Waals surface area (Å²) in [5, 5.41) is 11.7. The Kier molecular flexibility index (Phi) is 6.81. The number of aryl methyl sites for hydroxylation is 2. The number of ether oxygens (including phenoxy) is 1. The fourth-order valence-electron chi connectivity index (χ4n) is 3.16. The fourth-order valence-corrected chi connectivity index (χ4v) is 4.90. The molecule has 8 heteroatoms. The third-order valence-electron chi connectivity index (χ3n) is 4.83. The second-order valence-electron chi connectivity index (χ2n) is 7.22. The largest absolute Gasteiger partial charge is 0.497 e. The highest BCUT2D eigenvalue weighted by molar-refractivity contribution is 7.93. The molecule has 3 rings (SSSR count). The maximum absolute atomic E-state index is 13.6. The van der Waals surface area contributed by atoms with Gasteiger partial charge in [0.2, 0.25) is 5.91 Å². The first kappa shape index (κ1) is 22.8. The lowest BCUT2D eigenvalue weighted by Gasteiger charge is -2.25. The van der Waals surface area contributed by atoms with Crippen molar-refractivity contribution < 1.29 is 17.9 Å². The zero-order chi connectivity index (χ0) is 23.3. The Morgan fingerprint density at radius 2 is 1.78 bits per heavy atom. The third-order valence-corrected chi connectivity index (χ3v) is 6.75. The van der Waals surface area contributed by atoms with Crippen molar-refractivity contribution >= 4 is 27.3 Å². The summed E-state index contributed by atoms with van der Waals surface area (Å²) in [6.45, 7) is 3.08. The minimum atomic E-state index is -4.05. The summed E-state index contributed by atoms with van der Waals surface area (Å²) in [6.07, 6.45) is 0. The molecule has 0 radical (unpaired) electrons. The number of carbonyl (C=O) groups is 1. The van der Waals surface area contributed by atoms with Crippen molar-refractivity contribution in [3.05, 3.63) is 83.4 Å². The number of hydrogen-bond donors (Lipinski definition) is 1. The van der Waals surface area contributed by atoms with Crippen molar-refractivity contribution in [1.82, 2.24) is 0 Å². The molecule has 0 spiro atoms. The van der Waals surface area contributed by atoms with Crippen molar-refractivity contribution in [2.45, 2.75) is 18.7 Å². The highest BCUT2D eigenvalue weighted by atomic mass is 32.2. The van der Waals surface area contributed by atoms with E-state index in [4.69, 9.17) is 10.00 Å². The van der Waals surface area contributed by atoms with Crippen molar-refractivity contribution in [2.75, 3.05) is 23.3 Å². The van der Waals surface area contributed by atoms with Gasteiger partial charge in [-0.05, 0) is 73.5 Å². The highest BCUT2D eigenvalue weighted by Crippen LogP contribution is 2.28. The number of hydrogen-bond acceptors (Lipinski definition) is 5. The first-order valence-electron chi connectivity index (χ1n) is 9.78. The van der Waals surface area contributed by atoms with Gasteiger partial charge in [-0.25, -0.2) is 8.42 Å². The summed E-state index contributed by atoms with van der Waals surface area (Å²) in [4.78, 5) is 13.0. The van der Waals surface area contributed by atoms with E-state index in [1.807, 2.05) is 19.1 Å². The molecule has 0 aliphatic rings. The van der Waals surface area contributed by atoms with Crippen LogP contribution >= 0.6 is 0 Å². The second kappa shape index (κ2) is 9.54. The Morgan fingerprint density at radius 1 is 1.06 bits per heavy atom. The van der Waals surface area contributed by atoms with E-state index in [1.54, 1.807) is 61.5 Å². The van der Waals surface area contributed by atoms with Crippen LogP contribution in [0.1, 0.15) is 16.7 Å². The van der Waals surface area contributed by atoms with E-state index in [0.29, 0.717) is 28.3 Å². The molecule has 3 aromatic carbocycles. The van der Waals surface area contributed by atoms with Crippen LogP contribution < -0.4 is 14.4 Å². The standard InChI is InChI=1S/C24H23N3O4S/c1-17-7-8-18(2)23(13-17)32(29,30)27(21-9-11-22(31-3)12-10-21)16-24(28)26-20-6-4-5-19(14-20)15-25/h4-14H,16H2,1-3H3,(H,26,28). The van der Waals surface area contributed by atoms with Crippen LogP contribution in [0.15, 0.2) is 71.6 Å². The number of anilines is 2. The number of benzene rings is 3. The molecule has 164 valence electrons. The Bertz CT molecular complexity index is 1280. The average molecular weight is 450 g/mol. The molecule has 0 saturated carbocycles. The predicted octanol–water partition coefficient (Wildman–Crippen LogP) is 4.02. The van der Waals surface area contributed by atoms with E-state index in [9.17, 15) is 13.2 Å². The van der Waals surface area contributed by atoms with E-state index in [2.05, 4.69) is 5.32 Å². The number of rotatable bonds is 7. The lowest BCUT2D eigenvalue weighted by molar-refractivity contribution is -0.114. The van der Waals surface area contributed by atoms with Crippen molar-refractivity contribution in [2.24, 2.45) is 0 Å². The predicted molar refractivity (Wildman–Crippen MR) is 123 cm³/mol. The molecule has 0 aliphatic heterocycles. The van der Waals surface area contributed by atoms with Crippen LogP contribution in [0.5, 0.6) is 5.75 Å². The molecule has 0 atom stereocenters. The molecule has 1 N–H and O–H groups in total. The molecule has 0 saturated heterocycles. The van der Waals surface area contributed by atoms with Gasteiger partial charge in [-0.1, -0.05) is 18.2 Å². The molecule has 0 aliphatic carbocycles. The number of nitrogens with one attached hydrogen (secondary N) is 1. The van der Waals surface area contributed by atoms with Gasteiger partial charge in [0.05, 0.1) is 29.3 Å². The lowest BCUT2D eigenvalue weighted by atomic mass is 10.2. The van der Waals surface area contributed by atoms with E-state index in [-0.39, 0.29) is 4.90 Å². The van der Waals surface area contributed by atoms with E-state index < -0.39 is 22.5 Å². The molecule has 0 fully saturated rings. The van der Waals surface area contributed by atoms with Crippen molar-refractivity contribution in [3.8, 4) is 11.8 Å². The van der Waals surface area contributed by atoms with Gasteiger partial charge in [-0.3, -0.25) is 9.10 Å². The summed E-state index contributed by atoms with van der Waals surface area (Å²) >= 11 is 0. The molecule has 1 amide bonds. The summed E-state index contributed by atoms with van der Waals surface area (Å²) in [7, 11) is -2.53. The van der Waals surface area contributed by atoms with Crippen LogP contribution in [-0.4, -0.2) is 28.0 Å². The van der Waals surface area contributed by atoms with Crippen LogP contribution in [0, 0.1) is 25.2 Å². The molecule has 0 heterocycles. The van der Waals surface area contributed by atoms with E-state index in [0.717, 1.165) is 9.87 Å². The topological polar surface area (TPSA) is 99.5 Å². The third kappa shape index (κ3) is 5.07. The SMILES string of the molecule is COc1ccc(N(CC(=O)Nc2cccc(C#N)c2)S(=O)(=O)c2cc(C)ccc2C)cc1. The van der Waals surface area contributed by atoms with Crippen molar-refractivity contribution in [3.63, 3.8) is 0 Å². The van der Waals surface area contributed by atoms with Crippen LogP contribution in [0.25, 0.3) is 0 Å². The Morgan fingerprint density at radius 3 is 2.44 bits per heavy atom. The summed E-state index contributed by atoms with van der Waals surface area (Å²) in [6, 6.07) is 20.0. The maximum Gasteiger partial charge on any atom is 0.265 e. The quantitative estimate of drug-likeness (QED) is 0.587. The van der Waals surface area contributed by atoms with Crippen LogP contribution in [0.2, 0.25) is 0 Å². The molecule has 32 heavy (non-hydrogen) atoms. The molecule has 0 bridgehead atoms. The van der Waals surface area contributed by atoms with Crippen LogP contribution in [-0.2, 0) is 14.8 Å².